The largest absolute Gasteiger partial charge is 0.416 e. The maximum Gasteiger partial charge on any atom is 0.416 e. The Bertz CT molecular complexity index is 560. The second kappa shape index (κ2) is 5.66. The van der Waals surface area contributed by atoms with Gasteiger partial charge in [-0.25, -0.2) is 8.42 Å². The van der Waals surface area contributed by atoms with Gasteiger partial charge in [-0.1, -0.05) is 11.6 Å². The van der Waals surface area contributed by atoms with Gasteiger partial charge < -0.3 is 5.73 Å². The maximum absolute atomic E-state index is 12.6. The van der Waals surface area contributed by atoms with Crippen molar-refractivity contribution in [2.24, 2.45) is 5.73 Å². The van der Waals surface area contributed by atoms with Crippen LogP contribution in [0.2, 0.25) is 5.02 Å². The fraction of sp³-hybridized carbons (Fsp3) is 0.400. The fourth-order valence-electron chi connectivity index (χ4n) is 1.35. The molecule has 108 valence electrons. The van der Waals surface area contributed by atoms with Gasteiger partial charge in [-0.15, -0.1) is 0 Å². The van der Waals surface area contributed by atoms with Gasteiger partial charge in [-0.3, -0.25) is 0 Å². The van der Waals surface area contributed by atoms with Gasteiger partial charge in [0.2, 0.25) is 10.0 Å². The first kappa shape index (κ1) is 16.2. The van der Waals surface area contributed by atoms with E-state index in [0.717, 1.165) is 16.4 Å². The Morgan fingerprint density at radius 2 is 1.95 bits per heavy atom. The number of sulfonamides is 1. The van der Waals surface area contributed by atoms with E-state index in [9.17, 15) is 21.6 Å². The number of alkyl halides is 3. The standard InChI is InChI=1S/C10H12ClF3N2O2S/c1-16(5-4-15)19(17,18)9-6-7(10(12,13)14)2-3-8(9)11/h2-3,6H,4-5,15H2,1H3. The third-order valence-corrected chi connectivity index (χ3v) is 4.73. The number of likely N-dealkylation sites (N-methyl/N-ethyl adjacent to an activating group) is 1. The van der Waals surface area contributed by atoms with E-state index in [0.29, 0.717) is 6.07 Å². The summed E-state index contributed by atoms with van der Waals surface area (Å²) in [6.45, 7) is 0.0290. The summed E-state index contributed by atoms with van der Waals surface area (Å²) in [5, 5.41) is -0.267. The van der Waals surface area contributed by atoms with Crippen LogP contribution in [0.1, 0.15) is 5.56 Å². The average Bonchev–Trinajstić information content (AvgIpc) is 2.28. The van der Waals surface area contributed by atoms with Crippen molar-refractivity contribution in [1.29, 1.82) is 0 Å². The van der Waals surface area contributed by atoms with Crippen molar-refractivity contribution < 1.29 is 21.6 Å². The van der Waals surface area contributed by atoms with Gasteiger partial charge in [0.15, 0.2) is 0 Å². The van der Waals surface area contributed by atoms with Crippen LogP contribution in [-0.4, -0.2) is 32.9 Å². The summed E-state index contributed by atoms with van der Waals surface area (Å²) in [6.07, 6.45) is -4.64. The summed E-state index contributed by atoms with van der Waals surface area (Å²) in [6, 6.07) is 2.16. The quantitative estimate of drug-likeness (QED) is 0.923. The second-order valence-corrected chi connectivity index (χ2v) is 6.18. The lowest BCUT2D eigenvalue weighted by atomic mass is 10.2. The molecule has 0 unspecified atom stereocenters. The van der Waals surface area contributed by atoms with Crippen LogP contribution in [0.3, 0.4) is 0 Å². The molecular weight excluding hydrogens is 305 g/mol. The summed E-state index contributed by atoms with van der Waals surface area (Å²) >= 11 is 5.67. The van der Waals surface area contributed by atoms with Crippen LogP contribution in [0.25, 0.3) is 0 Å². The van der Waals surface area contributed by atoms with Crippen LogP contribution in [0.15, 0.2) is 23.1 Å². The zero-order valence-corrected chi connectivity index (χ0v) is 11.5. The summed E-state index contributed by atoms with van der Waals surface area (Å²) < 4.78 is 62.6. The van der Waals surface area contributed by atoms with Crippen LogP contribution in [0, 0.1) is 0 Å². The summed E-state index contributed by atoms with van der Waals surface area (Å²) in [7, 11) is -2.87. The van der Waals surface area contributed by atoms with E-state index in [-0.39, 0.29) is 18.1 Å². The zero-order chi connectivity index (χ0) is 14.8. The topological polar surface area (TPSA) is 63.4 Å². The van der Waals surface area contributed by atoms with E-state index in [1.165, 1.54) is 7.05 Å². The Hall–Kier alpha value is -0.830. The molecule has 0 spiro atoms. The van der Waals surface area contributed by atoms with Crippen LogP contribution in [0.4, 0.5) is 13.2 Å². The van der Waals surface area contributed by atoms with E-state index < -0.39 is 26.7 Å². The van der Waals surface area contributed by atoms with E-state index in [4.69, 9.17) is 17.3 Å². The third-order valence-electron chi connectivity index (χ3n) is 2.39. The van der Waals surface area contributed by atoms with Gasteiger partial charge in [-0.05, 0) is 18.2 Å². The number of hydrogen-bond acceptors (Lipinski definition) is 3. The molecule has 2 N–H and O–H groups in total. The van der Waals surface area contributed by atoms with Crippen LogP contribution in [-0.2, 0) is 16.2 Å². The highest BCUT2D eigenvalue weighted by Crippen LogP contribution is 2.34. The number of nitrogens with zero attached hydrogens (tertiary/aromatic N) is 1. The van der Waals surface area contributed by atoms with Gasteiger partial charge >= 0.3 is 6.18 Å². The van der Waals surface area contributed by atoms with Crippen molar-refractivity contribution in [1.82, 2.24) is 4.31 Å². The Labute approximate surface area is 114 Å². The number of benzene rings is 1. The van der Waals surface area contributed by atoms with Gasteiger partial charge in [-0.2, -0.15) is 17.5 Å². The maximum atomic E-state index is 12.6. The molecule has 0 aromatic heterocycles. The van der Waals surface area contributed by atoms with Gasteiger partial charge in [0.05, 0.1) is 10.6 Å². The average molecular weight is 317 g/mol. The number of halogens is 4. The molecule has 0 amide bonds. The number of hydrogen-bond donors (Lipinski definition) is 1. The van der Waals surface area contributed by atoms with Crippen molar-refractivity contribution in [3.05, 3.63) is 28.8 Å². The van der Waals surface area contributed by atoms with Gasteiger partial charge in [0, 0.05) is 20.1 Å². The van der Waals surface area contributed by atoms with E-state index in [1.54, 1.807) is 0 Å². The fourth-order valence-corrected chi connectivity index (χ4v) is 3.03. The lowest BCUT2D eigenvalue weighted by molar-refractivity contribution is -0.137. The Morgan fingerprint density at radius 3 is 2.42 bits per heavy atom. The summed E-state index contributed by atoms with van der Waals surface area (Å²) in [5.74, 6) is 0. The van der Waals surface area contributed by atoms with Crippen LogP contribution < -0.4 is 5.73 Å². The zero-order valence-electron chi connectivity index (χ0n) is 9.91. The van der Waals surface area contributed by atoms with Crippen molar-refractivity contribution in [3.63, 3.8) is 0 Å². The minimum atomic E-state index is -4.64. The SMILES string of the molecule is CN(CCN)S(=O)(=O)c1cc(C(F)(F)F)ccc1Cl. The van der Waals surface area contributed by atoms with Gasteiger partial charge in [0.1, 0.15) is 4.90 Å². The molecule has 0 aliphatic heterocycles. The molecule has 0 bridgehead atoms. The molecule has 1 rings (SSSR count). The van der Waals surface area contributed by atoms with Crippen molar-refractivity contribution >= 4 is 21.6 Å². The highest BCUT2D eigenvalue weighted by atomic mass is 35.5. The lowest BCUT2D eigenvalue weighted by Gasteiger charge is -2.18. The molecule has 0 aliphatic carbocycles. The molecular formula is C10H12ClF3N2O2S. The number of nitrogens with two attached hydrogens (primary N) is 1. The van der Waals surface area contributed by atoms with E-state index in [1.807, 2.05) is 0 Å². The van der Waals surface area contributed by atoms with Crippen LogP contribution >= 0.6 is 11.6 Å². The first-order valence-corrected chi connectivity index (χ1v) is 6.95. The monoisotopic (exact) mass is 316 g/mol. The molecule has 0 atom stereocenters. The Balaban J connectivity index is 3.34. The molecule has 9 heteroatoms. The van der Waals surface area contributed by atoms with Crippen molar-refractivity contribution in [2.75, 3.05) is 20.1 Å². The van der Waals surface area contributed by atoms with Crippen molar-refractivity contribution in [3.8, 4) is 0 Å². The molecule has 0 saturated carbocycles. The summed E-state index contributed by atoms with van der Waals surface area (Å²) in [5.41, 5.74) is 4.15. The van der Waals surface area contributed by atoms with Gasteiger partial charge in [0.25, 0.3) is 0 Å². The molecule has 0 aliphatic rings. The number of rotatable bonds is 4. The predicted molar refractivity (Wildman–Crippen MR) is 65.3 cm³/mol. The summed E-state index contributed by atoms with van der Waals surface area (Å²) in [4.78, 5) is -0.583. The predicted octanol–water partition coefficient (Wildman–Crippen LogP) is 1.94. The highest BCUT2D eigenvalue weighted by molar-refractivity contribution is 7.89. The second-order valence-electron chi connectivity index (χ2n) is 3.76. The first-order valence-electron chi connectivity index (χ1n) is 5.14. The molecule has 0 radical (unpaired) electrons. The minimum absolute atomic E-state index is 0.0189. The Morgan fingerprint density at radius 1 is 1.37 bits per heavy atom. The normalized spacial score (nSPS) is 13.0. The molecule has 1 aromatic rings. The Kier molecular flexibility index (Phi) is 4.83. The molecule has 0 fully saturated rings. The van der Waals surface area contributed by atoms with Crippen LogP contribution in [0.5, 0.6) is 0 Å². The molecule has 19 heavy (non-hydrogen) atoms. The highest BCUT2D eigenvalue weighted by Gasteiger charge is 2.33. The smallest absolute Gasteiger partial charge is 0.329 e. The van der Waals surface area contributed by atoms with E-state index in [2.05, 4.69) is 0 Å². The molecule has 1 aromatic carbocycles. The minimum Gasteiger partial charge on any atom is -0.329 e. The molecule has 4 nitrogen and oxygen atoms in total. The first-order chi connectivity index (χ1) is 8.60. The van der Waals surface area contributed by atoms with Crippen molar-refractivity contribution in [2.45, 2.75) is 11.1 Å². The molecule has 0 heterocycles. The third kappa shape index (κ3) is 3.59. The molecule has 0 saturated heterocycles. The van der Waals surface area contributed by atoms with E-state index >= 15 is 0 Å². The lowest BCUT2D eigenvalue weighted by Crippen LogP contribution is -2.32.